The van der Waals surface area contributed by atoms with Crippen molar-refractivity contribution in [3.05, 3.63) is 82.3 Å². The molecule has 0 spiro atoms. The van der Waals surface area contributed by atoms with Gasteiger partial charge in [0.1, 0.15) is 11.5 Å². The van der Waals surface area contributed by atoms with Gasteiger partial charge in [0.2, 0.25) is 0 Å². The highest BCUT2D eigenvalue weighted by Crippen LogP contribution is 2.41. The quantitative estimate of drug-likeness (QED) is 0.413. The van der Waals surface area contributed by atoms with Gasteiger partial charge in [-0.3, -0.25) is 19.5 Å². The van der Waals surface area contributed by atoms with Crippen LogP contribution in [0.1, 0.15) is 22.9 Å². The first-order chi connectivity index (χ1) is 13.5. The van der Waals surface area contributed by atoms with Crippen molar-refractivity contribution in [2.45, 2.75) is 13.0 Å². The highest BCUT2D eigenvalue weighted by atomic mass is 35.5. The van der Waals surface area contributed by atoms with E-state index in [-0.39, 0.29) is 17.2 Å². The van der Waals surface area contributed by atoms with Crippen LogP contribution in [-0.4, -0.2) is 26.9 Å². The van der Waals surface area contributed by atoms with Crippen molar-refractivity contribution in [1.82, 2.24) is 10.1 Å². The van der Waals surface area contributed by atoms with Crippen LogP contribution in [0.25, 0.3) is 5.76 Å². The second kappa shape index (κ2) is 6.94. The third-order valence-corrected chi connectivity index (χ3v) is 4.68. The minimum absolute atomic E-state index is 0.0547. The van der Waals surface area contributed by atoms with Crippen molar-refractivity contribution in [1.29, 1.82) is 0 Å². The Kier molecular flexibility index (Phi) is 4.44. The number of anilines is 1. The summed E-state index contributed by atoms with van der Waals surface area (Å²) in [6.45, 7) is 1.68. The molecule has 140 valence electrons. The number of aliphatic hydroxyl groups excluding tert-OH is 1. The number of hydrogen-bond donors (Lipinski definition) is 1. The molecule has 1 atom stereocenters. The maximum Gasteiger partial charge on any atom is 0.301 e. The van der Waals surface area contributed by atoms with E-state index in [4.69, 9.17) is 16.1 Å². The van der Waals surface area contributed by atoms with Crippen molar-refractivity contribution in [2.75, 3.05) is 4.90 Å². The number of aromatic nitrogens is 2. The van der Waals surface area contributed by atoms with Crippen molar-refractivity contribution in [3.63, 3.8) is 0 Å². The molecule has 1 fully saturated rings. The fourth-order valence-electron chi connectivity index (χ4n) is 3.15. The Morgan fingerprint density at radius 1 is 1.21 bits per heavy atom. The van der Waals surface area contributed by atoms with Crippen LogP contribution in [0.4, 0.5) is 5.82 Å². The van der Waals surface area contributed by atoms with Gasteiger partial charge in [0.25, 0.3) is 5.78 Å². The van der Waals surface area contributed by atoms with Crippen molar-refractivity contribution in [3.8, 4) is 0 Å². The minimum Gasteiger partial charge on any atom is -0.507 e. The smallest absolute Gasteiger partial charge is 0.301 e. The maximum atomic E-state index is 12.8. The lowest BCUT2D eigenvalue weighted by Gasteiger charge is -2.22. The molecule has 0 radical (unpaired) electrons. The second-order valence-corrected chi connectivity index (χ2v) is 6.69. The third-order valence-electron chi connectivity index (χ3n) is 4.42. The standard InChI is InChI=1S/C20H14ClN3O4/c1-11-9-15(23-28-11)24-17(13-3-2-8-22-10-13)16(19(26)20(24)27)18(25)12-4-6-14(21)7-5-12/h2-10,17,25H,1H3/t17-/m0/s1. The summed E-state index contributed by atoms with van der Waals surface area (Å²) in [5, 5.41) is 15.2. The molecule has 1 amide bonds. The number of amides is 1. The Balaban J connectivity index is 1.93. The van der Waals surface area contributed by atoms with E-state index in [2.05, 4.69) is 10.1 Å². The Hall–Kier alpha value is -3.45. The number of aliphatic hydroxyl groups is 1. The normalized spacial score (nSPS) is 18.6. The topological polar surface area (TPSA) is 96.5 Å². The SMILES string of the molecule is Cc1cc(N2C(=O)C(=O)C(=C(O)c3ccc(Cl)cc3)[C@@H]2c2cccnc2)no1. The van der Waals surface area contributed by atoms with Gasteiger partial charge in [-0.25, -0.2) is 0 Å². The van der Waals surface area contributed by atoms with Gasteiger partial charge in [-0.05, 0) is 42.8 Å². The van der Waals surface area contributed by atoms with Gasteiger partial charge in [0.05, 0.1) is 11.6 Å². The number of benzene rings is 1. The molecule has 2 aromatic heterocycles. The van der Waals surface area contributed by atoms with Gasteiger partial charge in [0, 0.05) is 29.0 Å². The Morgan fingerprint density at radius 3 is 2.57 bits per heavy atom. The van der Waals surface area contributed by atoms with Crippen LogP contribution in [0.5, 0.6) is 0 Å². The molecule has 7 nitrogen and oxygen atoms in total. The number of halogens is 1. The maximum absolute atomic E-state index is 12.8. The molecular formula is C20H14ClN3O4. The van der Waals surface area contributed by atoms with Gasteiger partial charge in [-0.15, -0.1) is 0 Å². The number of Topliss-reactive ketones (excluding diaryl/α,β-unsaturated/α-hetero) is 1. The van der Waals surface area contributed by atoms with Crippen molar-refractivity contribution in [2.24, 2.45) is 0 Å². The lowest BCUT2D eigenvalue weighted by Crippen LogP contribution is -2.29. The molecule has 4 rings (SSSR count). The number of hydrogen-bond acceptors (Lipinski definition) is 6. The van der Waals surface area contributed by atoms with E-state index in [1.165, 1.54) is 11.1 Å². The number of rotatable bonds is 3. The zero-order valence-corrected chi connectivity index (χ0v) is 15.4. The largest absolute Gasteiger partial charge is 0.507 e. The summed E-state index contributed by atoms with van der Waals surface area (Å²) in [6, 6.07) is 10.4. The van der Waals surface area contributed by atoms with Gasteiger partial charge in [-0.2, -0.15) is 0 Å². The molecule has 0 unspecified atom stereocenters. The van der Waals surface area contributed by atoms with E-state index in [1.807, 2.05) is 0 Å². The molecule has 1 aromatic carbocycles. The lowest BCUT2D eigenvalue weighted by atomic mass is 9.96. The van der Waals surface area contributed by atoms with Crippen LogP contribution >= 0.6 is 11.6 Å². The molecule has 1 aliphatic rings. The van der Waals surface area contributed by atoms with Crippen LogP contribution in [0, 0.1) is 6.92 Å². The van der Waals surface area contributed by atoms with Crippen molar-refractivity contribution < 1.29 is 19.2 Å². The van der Waals surface area contributed by atoms with E-state index in [9.17, 15) is 14.7 Å². The molecule has 28 heavy (non-hydrogen) atoms. The predicted octanol–water partition coefficient (Wildman–Crippen LogP) is 3.66. The lowest BCUT2D eigenvalue weighted by molar-refractivity contribution is -0.132. The van der Waals surface area contributed by atoms with Gasteiger partial charge < -0.3 is 9.63 Å². The Bertz CT molecular complexity index is 1090. The Morgan fingerprint density at radius 2 is 1.96 bits per heavy atom. The predicted molar refractivity (Wildman–Crippen MR) is 102 cm³/mol. The fraction of sp³-hybridized carbons (Fsp3) is 0.100. The summed E-state index contributed by atoms with van der Waals surface area (Å²) in [5.74, 6) is -1.26. The summed E-state index contributed by atoms with van der Waals surface area (Å²) >= 11 is 5.90. The average Bonchev–Trinajstić information content (AvgIpc) is 3.24. The summed E-state index contributed by atoms with van der Waals surface area (Å²) in [4.78, 5) is 30.9. The number of pyridine rings is 1. The second-order valence-electron chi connectivity index (χ2n) is 6.26. The van der Waals surface area contributed by atoms with Gasteiger partial charge >= 0.3 is 5.91 Å². The third kappa shape index (κ3) is 2.95. The van der Waals surface area contributed by atoms with E-state index in [0.29, 0.717) is 21.9 Å². The summed E-state index contributed by atoms with van der Waals surface area (Å²) < 4.78 is 5.07. The molecule has 1 saturated heterocycles. The monoisotopic (exact) mass is 395 g/mol. The molecule has 0 bridgehead atoms. The van der Waals surface area contributed by atoms with Crippen LogP contribution in [-0.2, 0) is 9.59 Å². The fourth-order valence-corrected chi connectivity index (χ4v) is 3.28. The number of nitrogens with zero attached hydrogens (tertiary/aromatic N) is 3. The highest BCUT2D eigenvalue weighted by molar-refractivity contribution is 6.51. The van der Waals surface area contributed by atoms with Crippen molar-refractivity contribution >= 4 is 34.9 Å². The van der Waals surface area contributed by atoms with Crippen LogP contribution in [0.15, 0.2) is 65.0 Å². The van der Waals surface area contributed by atoms with E-state index >= 15 is 0 Å². The molecule has 1 aliphatic heterocycles. The molecule has 3 aromatic rings. The number of carbonyl (C=O) groups is 2. The van der Waals surface area contributed by atoms with Crippen LogP contribution in [0.3, 0.4) is 0 Å². The summed E-state index contributed by atoms with van der Waals surface area (Å²) in [6.07, 6.45) is 3.11. The van der Waals surface area contributed by atoms with E-state index in [0.717, 1.165) is 0 Å². The van der Waals surface area contributed by atoms with Crippen LogP contribution < -0.4 is 4.90 Å². The average molecular weight is 396 g/mol. The van der Waals surface area contributed by atoms with Gasteiger partial charge in [-0.1, -0.05) is 22.8 Å². The van der Waals surface area contributed by atoms with Gasteiger partial charge in [0.15, 0.2) is 5.82 Å². The molecular weight excluding hydrogens is 382 g/mol. The first-order valence-electron chi connectivity index (χ1n) is 8.37. The number of ketones is 1. The first-order valence-corrected chi connectivity index (χ1v) is 8.75. The molecule has 3 heterocycles. The molecule has 0 aliphatic carbocycles. The Labute approximate surface area is 164 Å². The summed E-state index contributed by atoms with van der Waals surface area (Å²) in [5.41, 5.74) is 0.867. The number of carbonyl (C=O) groups excluding carboxylic acids is 2. The van der Waals surface area contributed by atoms with E-state index < -0.39 is 17.7 Å². The highest BCUT2D eigenvalue weighted by Gasteiger charge is 2.48. The number of aryl methyl sites for hydroxylation is 1. The molecule has 8 heteroatoms. The zero-order chi connectivity index (χ0) is 19.8. The van der Waals surface area contributed by atoms with Crippen LogP contribution in [0.2, 0.25) is 5.02 Å². The molecule has 0 saturated carbocycles. The summed E-state index contributed by atoms with van der Waals surface area (Å²) in [7, 11) is 0. The molecule has 1 N–H and O–H groups in total. The van der Waals surface area contributed by atoms with E-state index in [1.54, 1.807) is 55.6 Å². The minimum atomic E-state index is -0.895. The first kappa shape index (κ1) is 17.9. The zero-order valence-electron chi connectivity index (χ0n) is 14.7.